The van der Waals surface area contributed by atoms with Gasteiger partial charge >= 0.3 is 0 Å². The SMILES string of the molecule is COc1ccc(C2/C(=C(/O)c3ccc(OC)c(C)c3)C(=O)C(=O)N2Cc2cccs2)cc1. The highest BCUT2D eigenvalue weighted by atomic mass is 32.1. The van der Waals surface area contributed by atoms with Gasteiger partial charge in [0.25, 0.3) is 11.7 Å². The highest BCUT2D eigenvalue weighted by Crippen LogP contribution is 2.41. The Kier molecular flexibility index (Phi) is 6.01. The fraction of sp³-hybridized carbons (Fsp3) is 0.200. The lowest BCUT2D eigenvalue weighted by molar-refractivity contribution is -0.140. The highest BCUT2D eigenvalue weighted by molar-refractivity contribution is 7.09. The number of ether oxygens (including phenoxy) is 2. The average molecular weight is 450 g/mol. The molecule has 1 aromatic heterocycles. The molecule has 0 aliphatic carbocycles. The van der Waals surface area contributed by atoms with Gasteiger partial charge in [-0.1, -0.05) is 18.2 Å². The summed E-state index contributed by atoms with van der Waals surface area (Å²) in [5.74, 6) is -0.205. The minimum absolute atomic E-state index is 0.0706. The van der Waals surface area contributed by atoms with Crippen LogP contribution < -0.4 is 9.47 Å². The van der Waals surface area contributed by atoms with Gasteiger partial charge in [-0.3, -0.25) is 9.59 Å². The molecule has 1 atom stereocenters. The number of Topliss-reactive ketones (excluding diaryl/α,β-unsaturated/α-hetero) is 1. The molecule has 3 aromatic rings. The van der Waals surface area contributed by atoms with Gasteiger partial charge in [0.15, 0.2) is 0 Å². The van der Waals surface area contributed by atoms with Crippen LogP contribution in [-0.4, -0.2) is 35.9 Å². The van der Waals surface area contributed by atoms with Crippen LogP contribution in [0.15, 0.2) is 65.6 Å². The van der Waals surface area contributed by atoms with E-state index in [-0.39, 0.29) is 17.9 Å². The average Bonchev–Trinajstić information content (AvgIpc) is 3.41. The summed E-state index contributed by atoms with van der Waals surface area (Å²) in [6.45, 7) is 2.13. The summed E-state index contributed by atoms with van der Waals surface area (Å²) in [4.78, 5) is 28.6. The number of aliphatic hydroxyl groups excluding tert-OH is 1. The molecule has 4 rings (SSSR count). The number of ketones is 1. The molecule has 2 aromatic carbocycles. The van der Waals surface area contributed by atoms with E-state index < -0.39 is 17.7 Å². The van der Waals surface area contributed by atoms with Crippen molar-refractivity contribution in [1.82, 2.24) is 4.90 Å². The first-order valence-corrected chi connectivity index (χ1v) is 10.9. The van der Waals surface area contributed by atoms with E-state index in [0.717, 1.165) is 10.4 Å². The number of aliphatic hydroxyl groups is 1. The maximum Gasteiger partial charge on any atom is 0.295 e. The van der Waals surface area contributed by atoms with Gasteiger partial charge in [0.1, 0.15) is 17.3 Å². The number of hydrogen-bond acceptors (Lipinski definition) is 6. The molecular weight excluding hydrogens is 426 g/mol. The van der Waals surface area contributed by atoms with Crippen LogP contribution in [0.3, 0.4) is 0 Å². The molecule has 1 fully saturated rings. The van der Waals surface area contributed by atoms with E-state index in [4.69, 9.17) is 9.47 Å². The van der Waals surface area contributed by atoms with Crippen LogP contribution in [0.25, 0.3) is 5.76 Å². The van der Waals surface area contributed by atoms with Gasteiger partial charge in [-0.05, 0) is 59.8 Å². The number of likely N-dealkylation sites (tertiary alicyclic amines) is 1. The Morgan fingerprint density at radius 2 is 1.81 bits per heavy atom. The van der Waals surface area contributed by atoms with Crippen molar-refractivity contribution in [3.63, 3.8) is 0 Å². The third-order valence-corrected chi connectivity index (χ3v) is 6.41. The zero-order valence-corrected chi connectivity index (χ0v) is 18.8. The summed E-state index contributed by atoms with van der Waals surface area (Å²) in [5, 5.41) is 13.1. The Hall–Kier alpha value is -3.58. The molecule has 6 nitrogen and oxygen atoms in total. The summed E-state index contributed by atoms with van der Waals surface area (Å²) in [7, 11) is 3.14. The van der Waals surface area contributed by atoms with Crippen LogP contribution in [0.5, 0.6) is 11.5 Å². The summed E-state index contributed by atoms with van der Waals surface area (Å²) < 4.78 is 10.5. The molecule has 7 heteroatoms. The molecule has 164 valence electrons. The molecule has 1 aliphatic rings. The van der Waals surface area contributed by atoms with E-state index in [0.29, 0.717) is 22.6 Å². The number of nitrogens with zero attached hydrogens (tertiary/aromatic N) is 1. The van der Waals surface area contributed by atoms with Gasteiger partial charge in [-0.25, -0.2) is 0 Å². The van der Waals surface area contributed by atoms with Crippen molar-refractivity contribution in [2.45, 2.75) is 19.5 Å². The normalized spacial score (nSPS) is 17.6. The fourth-order valence-corrected chi connectivity index (χ4v) is 4.63. The van der Waals surface area contributed by atoms with Crippen molar-refractivity contribution in [1.29, 1.82) is 0 Å². The Morgan fingerprint density at radius 3 is 2.41 bits per heavy atom. The molecule has 0 saturated carbocycles. The molecule has 1 N–H and O–H groups in total. The smallest absolute Gasteiger partial charge is 0.295 e. The first-order valence-electron chi connectivity index (χ1n) is 10.0. The second kappa shape index (κ2) is 8.88. The van der Waals surface area contributed by atoms with E-state index in [1.807, 2.05) is 36.6 Å². The number of benzene rings is 2. The summed E-state index contributed by atoms with van der Waals surface area (Å²) >= 11 is 1.51. The van der Waals surface area contributed by atoms with Crippen molar-refractivity contribution < 1.29 is 24.2 Å². The Morgan fingerprint density at radius 1 is 1.06 bits per heavy atom. The minimum atomic E-state index is -0.717. The number of carbonyl (C=O) groups is 2. The lowest BCUT2D eigenvalue weighted by Crippen LogP contribution is -2.28. The van der Waals surface area contributed by atoms with Gasteiger partial charge in [0.05, 0.1) is 32.4 Å². The van der Waals surface area contributed by atoms with Gasteiger partial charge < -0.3 is 19.5 Å². The predicted octanol–water partition coefficient (Wildman–Crippen LogP) is 4.70. The maximum absolute atomic E-state index is 13.1. The van der Waals surface area contributed by atoms with Gasteiger partial charge in [-0.15, -0.1) is 11.3 Å². The zero-order valence-electron chi connectivity index (χ0n) is 18.0. The van der Waals surface area contributed by atoms with Crippen molar-refractivity contribution in [2.24, 2.45) is 0 Å². The second-order valence-electron chi connectivity index (χ2n) is 7.46. The molecule has 1 saturated heterocycles. The van der Waals surface area contributed by atoms with Crippen LogP contribution in [0.4, 0.5) is 0 Å². The summed E-state index contributed by atoms with van der Waals surface area (Å²) in [6.07, 6.45) is 0. The first-order chi connectivity index (χ1) is 15.4. The van der Waals surface area contributed by atoms with Crippen molar-refractivity contribution in [3.05, 3.63) is 87.1 Å². The molecule has 0 spiro atoms. The number of carbonyl (C=O) groups excluding carboxylic acids is 2. The molecule has 32 heavy (non-hydrogen) atoms. The third kappa shape index (κ3) is 3.87. The van der Waals surface area contributed by atoms with Crippen LogP contribution >= 0.6 is 11.3 Å². The van der Waals surface area contributed by atoms with Gasteiger partial charge in [0.2, 0.25) is 0 Å². The number of thiophene rings is 1. The zero-order chi connectivity index (χ0) is 22.8. The predicted molar refractivity (Wildman–Crippen MR) is 123 cm³/mol. The largest absolute Gasteiger partial charge is 0.507 e. The second-order valence-corrected chi connectivity index (χ2v) is 8.50. The van der Waals surface area contributed by atoms with Gasteiger partial charge in [0, 0.05) is 10.4 Å². The summed E-state index contributed by atoms with van der Waals surface area (Å²) in [6, 6.07) is 15.4. The topological polar surface area (TPSA) is 76.1 Å². The molecule has 2 heterocycles. The maximum atomic E-state index is 13.1. The lowest BCUT2D eigenvalue weighted by atomic mass is 9.94. The van der Waals surface area contributed by atoms with E-state index in [1.165, 1.54) is 16.2 Å². The van der Waals surface area contributed by atoms with E-state index >= 15 is 0 Å². The van der Waals surface area contributed by atoms with Crippen molar-refractivity contribution in [2.75, 3.05) is 14.2 Å². The number of hydrogen-bond donors (Lipinski definition) is 1. The van der Waals surface area contributed by atoms with Crippen LogP contribution in [0.2, 0.25) is 0 Å². The van der Waals surface area contributed by atoms with E-state index in [1.54, 1.807) is 44.6 Å². The lowest BCUT2D eigenvalue weighted by Gasteiger charge is -2.25. The quantitative estimate of drug-likeness (QED) is 0.336. The van der Waals surface area contributed by atoms with Crippen LogP contribution in [0.1, 0.15) is 27.6 Å². The highest BCUT2D eigenvalue weighted by Gasteiger charge is 2.46. The number of rotatable bonds is 6. The molecule has 0 radical (unpaired) electrons. The van der Waals surface area contributed by atoms with E-state index in [2.05, 4.69) is 0 Å². The van der Waals surface area contributed by atoms with Gasteiger partial charge in [-0.2, -0.15) is 0 Å². The monoisotopic (exact) mass is 449 g/mol. The molecule has 0 bridgehead atoms. The Balaban J connectivity index is 1.85. The van der Waals surface area contributed by atoms with Crippen LogP contribution in [-0.2, 0) is 16.1 Å². The van der Waals surface area contributed by atoms with E-state index in [9.17, 15) is 14.7 Å². The molecule has 1 unspecified atom stereocenters. The molecular formula is C25H23NO5S. The molecule has 1 amide bonds. The Bertz CT molecular complexity index is 1180. The number of amides is 1. The van der Waals surface area contributed by atoms with Crippen molar-refractivity contribution >= 4 is 28.8 Å². The summed E-state index contributed by atoms with van der Waals surface area (Å²) in [5.41, 5.74) is 2.05. The fourth-order valence-electron chi connectivity index (χ4n) is 3.93. The first kappa shape index (κ1) is 21.6. The Labute approximate surface area is 190 Å². The standard InChI is InChI=1S/C25H23NO5S/c1-15-13-17(8-11-20(15)31-3)23(27)21-22(16-6-9-18(30-2)10-7-16)26(25(29)24(21)28)14-19-5-4-12-32-19/h4-13,22,27H,14H2,1-3H3/b23-21-. The minimum Gasteiger partial charge on any atom is -0.507 e. The van der Waals surface area contributed by atoms with Crippen molar-refractivity contribution in [3.8, 4) is 11.5 Å². The van der Waals surface area contributed by atoms with Crippen LogP contribution in [0, 0.1) is 6.92 Å². The number of methoxy groups -OCH3 is 2. The number of aryl methyl sites for hydroxylation is 1. The third-order valence-electron chi connectivity index (χ3n) is 5.55. The molecule has 1 aliphatic heterocycles.